The smallest absolute Gasteiger partial charge is 0.126 e. The van der Waals surface area contributed by atoms with Gasteiger partial charge in [-0.1, -0.05) is 18.2 Å². The first-order valence-corrected chi connectivity index (χ1v) is 9.88. The second kappa shape index (κ2) is 7.64. The number of aromatic nitrogens is 2. The zero-order valence-corrected chi connectivity index (χ0v) is 17.6. The van der Waals surface area contributed by atoms with Crippen molar-refractivity contribution in [3.63, 3.8) is 0 Å². The van der Waals surface area contributed by atoms with E-state index in [0.29, 0.717) is 22.5 Å². The summed E-state index contributed by atoms with van der Waals surface area (Å²) in [6.45, 7) is 7.78. The third-order valence-corrected chi connectivity index (χ3v) is 5.31. The van der Waals surface area contributed by atoms with Crippen LogP contribution in [0.2, 0.25) is 0 Å². The van der Waals surface area contributed by atoms with Gasteiger partial charge >= 0.3 is 0 Å². The Morgan fingerprint density at radius 1 is 0.633 bits per heavy atom. The Balaban J connectivity index is 2.14. The van der Waals surface area contributed by atoms with Crippen molar-refractivity contribution in [1.29, 1.82) is 0 Å². The van der Waals surface area contributed by atoms with Crippen molar-refractivity contribution < 1.29 is 10.2 Å². The second-order valence-electron chi connectivity index (χ2n) is 7.75. The molecule has 30 heavy (non-hydrogen) atoms. The SMILES string of the molecule is Cc1cc(C)c(O)c(-c2ccnc(-c3ccccn3)c2-c2cc(C)cc(C)c2O)c1. The van der Waals surface area contributed by atoms with Crippen LogP contribution < -0.4 is 0 Å². The van der Waals surface area contributed by atoms with Crippen molar-refractivity contribution in [2.24, 2.45) is 0 Å². The molecule has 2 aromatic carbocycles. The lowest BCUT2D eigenvalue weighted by Crippen LogP contribution is -1.97. The van der Waals surface area contributed by atoms with Crippen LogP contribution in [0.3, 0.4) is 0 Å². The van der Waals surface area contributed by atoms with Gasteiger partial charge in [0.2, 0.25) is 0 Å². The maximum atomic E-state index is 11.0. The highest BCUT2D eigenvalue weighted by Gasteiger charge is 2.22. The molecule has 150 valence electrons. The number of benzene rings is 2. The molecule has 0 amide bonds. The Bertz CT molecular complexity index is 1250. The lowest BCUT2D eigenvalue weighted by Gasteiger charge is -2.19. The van der Waals surface area contributed by atoms with Crippen molar-refractivity contribution >= 4 is 0 Å². The molecular formula is C26H24N2O2. The number of phenols is 2. The predicted octanol–water partition coefficient (Wildman–Crippen LogP) is 6.12. The molecule has 0 saturated heterocycles. The molecule has 0 fully saturated rings. The molecule has 2 N–H and O–H groups in total. The molecule has 0 spiro atoms. The number of aryl methyl sites for hydroxylation is 4. The van der Waals surface area contributed by atoms with Gasteiger partial charge in [0.05, 0.1) is 11.4 Å². The third kappa shape index (κ3) is 3.41. The quantitative estimate of drug-likeness (QED) is 0.438. The van der Waals surface area contributed by atoms with Gasteiger partial charge in [-0.15, -0.1) is 0 Å². The van der Waals surface area contributed by atoms with Crippen LogP contribution in [0.5, 0.6) is 11.5 Å². The van der Waals surface area contributed by atoms with Crippen LogP contribution in [0.1, 0.15) is 22.3 Å². The van der Waals surface area contributed by atoms with E-state index in [1.807, 2.05) is 76.2 Å². The van der Waals surface area contributed by atoms with Gasteiger partial charge in [-0.2, -0.15) is 0 Å². The Morgan fingerprint density at radius 2 is 1.27 bits per heavy atom. The molecule has 2 heterocycles. The minimum absolute atomic E-state index is 0.205. The van der Waals surface area contributed by atoms with E-state index in [-0.39, 0.29) is 11.5 Å². The number of hydrogen-bond acceptors (Lipinski definition) is 4. The summed E-state index contributed by atoms with van der Waals surface area (Å²) in [5.74, 6) is 0.430. The van der Waals surface area contributed by atoms with Crippen molar-refractivity contribution in [3.05, 3.63) is 83.2 Å². The first-order valence-electron chi connectivity index (χ1n) is 9.88. The number of nitrogens with zero attached hydrogens (tertiary/aromatic N) is 2. The molecule has 0 aliphatic heterocycles. The molecule has 0 unspecified atom stereocenters. The molecular weight excluding hydrogens is 372 g/mol. The summed E-state index contributed by atoms with van der Waals surface area (Å²) in [4.78, 5) is 9.13. The topological polar surface area (TPSA) is 66.2 Å². The molecule has 2 aromatic heterocycles. The van der Waals surface area contributed by atoms with E-state index in [2.05, 4.69) is 9.97 Å². The normalized spacial score (nSPS) is 10.9. The van der Waals surface area contributed by atoms with Crippen molar-refractivity contribution in [2.45, 2.75) is 27.7 Å². The first kappa shape index (κ1) is 19.6. The minimum atomic E-state index is 0.205. The summed E-state index contributed by atoms with van der Waals surface area (Å²) in [5, 5.41) is 21.9. The fourth-order valence-electron chi connectivity index (χ4n) is 3.97. The Labute approximate surface area is 176 Å². The molecule has 0 aliphatic carbocycles. The van der Waals surface area contributed by atoms with Gasteiger partial charge in [0.25, 0.3) is 0 Å². The lowest BCUT2D eigenvalue weighted by atomic mass is 9.88. The van der Waals surface area contributed by atoms with Gasteiger partial charge in [0.1, 0.15) is 11.5 Å². The summed E-state index contributed by atoms with van der Waals surface area (Å²) in [7, 11) is 0. The molecule has 0 saturated carbocycles. The fraction of sp³-hybridized carbons (Fsp3) is 0.154. The number of rotatable bonds is 3. The summed E-state index contributed by atoms with van der Waals surface area (Å²) >= 11 is 0. The van der Waals surface area contributed by atoms with E-state index < -0.39 is 0 Å². The summed E-state index contributed by atoms with van der Waals surface area (Å²) in [6.07, 6.45) is 3.45. The van der Waals surface area contributed by atoms with E-state index in [4.69, 9.17) is 0 Å². The van der Waals surface area contributed by atoms with Crippen LogP contribution in [0.25, 0.3) is 33.6 Å². The van der Waals surface area contributed by atoms with Crippen LogP contribution in [0.15, 0.2) is 60.9 Å². The highest BCUT2D eigenvalue weighted by Crippen LogP contribution is 2.46. The van der Waals surface area contributed by atoms with Crippen LogP contribution in [0, 0.1) is 27.7 Å². The van der Waals surface area contributed by atoms with Gasteiger partial charge in [-0.25, -0.2) is 0 Å². The van der Waals surface area contributed by atoms with E-state index >= 15 is 0 Å². The molecule has 4 heteroatoms. The summed E-state index contributed by atoms with van der Waals surface area (Å²) in [5.41, 5.74) is 7.97. The third-order valence-electron chi connectivity index (χ3n) is 5.31. The van der Waals surface area contributed by atoms with Crippen LogP contribution >= 0.6 is 0 Å². The standard InChI is InChI=1S/C26H24N2O2/c1-15-11-17(3)25(29)20(13-15)19-8-10-28-24(22-7-5-6-9-27-22)23(19)21-14-16(2)12-18(4)26(21)30/h5-14,29-30H,1-4H3. The monoisotopic (exact) mass is 396 g/mol. The number of pyridine rings is 2. The average molecular weight is 396 g/mol. The number of hydrogen-bond donors (Lipinski definition) is 2. The minimum Gasteiger partial charge on any atom is -0.507 e. The molecule has 0 atom stereocenters. The van der Waals surface area contributed by atoms with Crippen LogP contribution in [-0.2, 0) is 0 Å². The Kier molecular flexibility index (Phi) is 5.00. The van der Waals surface area contributed by atoms with Gasteiger partial charge in [-0.3, -0.25) is 9.97 Å². The highest BCUT2D eigenvalue weighted by atomic mass is 16.3. The van der Waals surface area contributed by atoms with Crippen molar-refractivity contribution in [3.8, 4) is 45.1 Å². The zero-order valence-electron chi connectivity index (χ0n) is 17.6. The zero-order chi connectivity index (χ0) is 21.4. The van der Waals surface area contributed by atoms with Gasteiger partial charge < -0.3 is 10.2 Å². The van der Waals surface area contributed by atoms with E-state index in [1.54, 1.807) is 12.4 Å². The average Bonchev–Trinajstić information content (AvgIpc) is 2.73. The molecule has 4 nitrogen and oxygen atoms in total. The number of phenolic OH excluding ortho intramolecular Hbond substituents is 2. The van der Waals surface area contributed by atoms with Gasteiger partial charge in [0, 0.05) is 29.1 Å². The number of aromatic hydroxyl groups is 2. The lowest BCUT2D eigenvalue weighted by molar-refractivity contribution is 0.472. The molecule has 0 radical (unpaired) electrons. The van der Waals surface area contributed by atoms with E-state index in [9.17, 15) is 10.2 Å². The molecule has 0 aliphatic rings. The summed E-state index contributed by atoms with van der Waals surface area (Å²) < 4.78 is 0. The van der Waals surface area contributed by atoms with Gasteiger partial charge in [0.15, 0.2) is 0 Å². The van der Waals surface area contributed by atoms with Crippen molar-refractivity contribution in [1.82, 2.24) is 9.97 Å². The Morgan fingerprint density at radius 3 is 1.90 bits per heavy atom. The molecule has 4 rings (SSSR count). The fourth-order valence-corrected chi connectivity index (χ4v) is 3.97. The van der Waals surface area contributed by atoms with E-state index in [0.717, 1.165) is 33.4 Å². The van der Waals surface area contributed by atoms with E-state index in [1.165, 1.54) is 0 Å². The van der Waals surface area contributed by atoms with Gasteiger partial charge in [-0.05, 0) is 85.8 Å². The summed E-state index contributed by atoms with van der Waals surface area (Å²) in [6, 6.07) is 15.4. The Hall–Kier alpha value is -3.66. The predicted molar refractivity (Wildman–Crippen MR) is 121 cm³/mol. The second-order valence-corrected chi connectivity index (χ2v) is 7.75. The first-order chi connectivity index (χ1) is 14.4. The molecule has 0 bridgehead atoms. The maximum Gasteiger partial charge on any atom is 0.126 e. The highest BCUT2D eigenvalue weighted by molar-refractivity contribution is 5.96. The van der Waals surface area contributed by atoms with Crippen LogP contribution in [-0.4, -0.2) is 20.2 Å². The largest absolute Gasteiger partial charge is 0.507 e. The molecule has 4 aromatic rings. The van der Waals surface area contributed by atoms with Crippen molar-refractivity contribution in [2.75, 3.05) is 0 Å². The van der Waals surface area contributed by atoms with Crippen LogP contribution in [0.4, 0.5) is 0 Å². The maximum absolute atomic E-state index is 11.0.